The van der Waals surface area contributed by atoms with Gasteiger partial charge in [-0.15, -0.1) is 5.10 Å². The van der Waals surface area contributed by atoms with E-state index in [0.29, 0.717) is 12.0 Å². The fourth-order valence-corrected chi connectivity index (χ4v) is 2.14. The molecule has 0 radical (unpaired) electrons. The average Bonchev–Trinajstić information content (AvgIpc) is 2.53. The minimum atomic E-state index is 0.235. The minimum absolute atomic E-state index is 0.235. The number of aromatic hydroxyl groups is 1. The lowest BCUT2D eigenvalue weighted by atomic mass is 10.0. The summed E-state index contributed by atoms with van der Waals surface area (Å²) in [5.41, 5.74) is 2.29. The maximum Gasteiger partial charge on any atom is 0.233 e. The van der Waals surface area contributed by atoms with Gasteiger partial charge in [0.25, 0.3) is 0 Å². The van der Waals surface area contributed by atoms with Crippen molar-refractivity contribution in [1.82, 2.24) is 9.78 Å². The third-order valence-electron chi connectivity index (χ3n) is 2.97. The Kier molecular flexibility index (Phi) is 5.03. The molecular weight excluding hydrogens is 212 g/mol. The molecule has 0 bridgehead atoms. The van der Waals surface area contributed by atoms with E-state index in [1.807, 2.05) is 4.68 Å². The molecule has 98 valence electrons. The number of unbranched alkanes of at least 4 members (excludes halogenated alkanes) is 1. The van der Waals surface area contributed by atoms with Gasteiger partial charge in [-0.2, -0.15) is 0 Å². The zero-order chi connectivity index (χ0) is 13.0. The lowest BCUT2D eigenvalue weighted by Crippen LogP contribution is -2.09. The van der Waals surface area contributed by atoms with Crippen molar-refractivity contribution < 1.29 is 5.11 Å². The van der Waals surface area contributed by atoms with Crippen molar-refractivity contribution >= 4 is 0 Å². The van der Waals surface area contributed by atoms with Crippen molar-refractivity contribution in [3.63, 3.8) is 0 Å². The standard InChI is InChI=1S/C14H26N2O/c1-6-7-8-13-12(9-10(2)3)14(17)15-16(13)11(4)5/h10-11H,6-9H2,1-5H3,(H,15,17). The molecule has 3 heteroatoms. The van der Waals surface area contributed by atoms with Crippen LogP contribution < -0.4 is 0 Å². The lowest BCUT2D eigenvalue weighted by Gasteiger charge is -2.12. The summed E-state index contributed by atoms with van der Waals surface area (Å²) in [6, 6.07) is 0.314. The third kappa shape index (κ3) is 3.48. The van der Waals surface area contributed by atoms with Gasteiger partial charge in [0.1, 0.15) is 0 Å². The first kappa shape index (κ1) is 14.1. The van der Waals surface area contributed by atoms with Crippen molar-refractivity contribution in [1.29, 1.82) is 0 Å². The molecule has 1 heterocycles. The summed E-state index contributed by atoms with van der Waals surface area (Å²) in [4.78, 5) is 0. The molecule has 0 fully saturated rings. The van der Waals surface area contributed by atoms with Crippen LogP contribution in [0.4, 0.5) is 0 Å². The van der Waals surface area contributed by atoms with Crippen LogP contribution in [0.5, 0.6) is 5.88 Å². The molecule has 3 nitrogen and oxygen atoms in total. The number of hydrogen-bond acceptors (Lipinski definition) is 2. The van der Waals surface area contributed by atoms with E-state index >= 15 is 0 Å². The molecule has 0 amide bonds. The van der Waals surface area contributed by atoms with E-state index in [-0.39, 0.29) is 5.88 Å². The maximum absolute atomic E-state index is 9.98. The Bertz CT molecular complexity index is 353. The van der Waals surface area contributed by atoms with Crippen molar-refractivity contribution in [3.8, 4) is 5.88 Å². The van der Waals surface area contributed by atoms with Gasteiger partial charge in [0.15, 0.2) is 0 Å². The van der Waals surface area contributed by atoms with E-state index in [1.54, 1.807) is 0 Å². The lowest BCUT2D eigenvalue weighted by molar-refractivity contribution is 0.418. The molecule has 0 saturated heterocycles. The van der Waals surface area contributed by atoms with E-state index in [9.17, 15) is 5.11 Å². The van der Waals surface area contributed by atoms with Gasteiger partial charge < -0.3 is 5.11 Å². The van der Waals surface area contributed by atoms with Gasteiger partial charge in [-0.3, -0.25) is 4.68 Å². The first-order chi connectivity index (χ1) is 7.97. The minimum Gasteiger partial charge on any atom is -0.492 e. The first-order valence-electron chi connectivity index (χ1n) is 6.76. The molecule has 0 saturated carbocycles. The Morgan fingerprint density at radius 3 is 2.35 bits per heavy atom. The zero-order valence-corrected chi connectivity index (χ0v) is 11.8. The largest absolute Gasteiger partial charge is 0.492 e. The van der Waals surface area contributed by atoms with Crippen LogP contribution in [-0.4, -0.2) is 14.9 Å². The Balaban J connectivity index is 3.07. The molecule has 0 spiro atoms. The van der Waals surface area contributed by atoms with Crippen LogP contribution in [0.3, 0.4) is 0 Å². The van der Waals surface area contributed by atoms with E-state index in [1.165, 1.54) is 12.1 Å². The molecule has 0 unspecified atom stereocenters. The second-order valence-corrected chi connectivity index (χ2v) is 5.49. The summed E-state index contributed by atoms with van der Waals surface area (Å²) in [7, 11) is 0. The van der Waals surface area contributed by atoms with Crippen LogP contribution in [0.15, 0.2) is 0 Å². The molecule has 0 aliphatic heterocycles. The quantitative estimate of drug-likeness (QED) is 0.820. The SMILES string of the molecule is CCCCc1c(CC(C)C)c(O)nn1C(C)C. The van der Waals surface area contributed by atoms with Gasteiger partial charge in [-0.25, -0.2) is 0 Å². The average molecular weight is 238 g/mol. The first-order valence-corrected chi connectivity index (χ1v) is 6.76. The molecule has 1 N–H and O–H groups in total. The number of nitrogens with zero attached hydrogens (tertiary/aromatic N) is 2. The van der Waals surface area contributed by atoms with Crippen LogP contribution in [0.1, 0.15) is 64.8 Å². The van der Waals surface area contributed by atoms with Crippen LogP contribution in [0.25, 0.3) is 0 Å². The smallest absolute Gasteiger partial charge is 0.233 e. The predicted octanol–water partition coefficient (Wildman–Crippen LogP) is 3.71. The van der Waals surface area contributed by atoms with Crippen molar-refractivity contribution in [2.24, 2.45) is 5.92 Å². The highest BCUT2D eigenvalue weighted by molar-refractivity contribution is 5.31. The van der Waals surface area contributed by atoms with E-state index < -0.39 is 0 Å². The Labute approximate surface area is 105 Å². The number of rotatable bonds is 6. The Morgan fingerprint density at radius 1 is 1.24 bits per heavy atom. The predicted molar refractivity (Wildman–Crippen MR) is 71.4 cm³/mol. The molecule has 1 aromatic heterocycles. The van der Waals surface area contributed by atoms with Gasteiger partial charge in [-0.05, 0) is 39.0 Å². The molecule has 17 heavy (non-hydrogen) atoms. The maximum atomic E-state index is 9.98. The van der Waals surface area contributed by atoms with Gasteiger partial charge in [0.05, 0.1) is 0 Å². The second-order valence-electron chi connectivity index (χ2n) is 5.49. The number of hydrogen-bond donors (Lipinski definition) is 1. The number of aromatic nitrogens is 2. The van der Waals surface area contributed by atoms with Crippen LogP contribution in [0.2, 0.25) is 0 Å². The monoisotopic (exact) mass is 238 g/mol. The summed E-state index contributed by atoms with van der Waals surface area (Å²) < 4.78 is 1.99. The summed E-state index contributed by atoms with van der Waals surface area (Å²) in [6.45, 7) is 10.8. The summed E-state index contributed by atoms with van der Waals surface area (Å²) in [5, 5.41) is 14.3. The highest BCUT2D eigenvalue weighted by Gasteiger charge is 2.19. The van der Waals surface area contributed by atoms with Crippen LogP contribution in [0, 0.1) is 5.92 Å². The second kappa shape index (κ2) is 6.08. The van der Waals surface area contributed by atoms with Gasteiger partial charge in [0, 0.05) is 17.3 Å². The van der Waals surface area contributed by atoms with Crippen molar-refractivity contribution in [3.05, 3.63) is 11.3 Å². The van der Waals surface area contributed by atoms with E-state index in [0.717, 1.165) is 24.8 Å². The Hall–Kier alpha value is -0.990. The van der Waals surface area contributed by atoms with Gasteiger partial charge in [-0.1, -0.05) is 27.2 Å². The van der Waals surface area contributed by atoms with E-state index in [2.05, 4.69) is 39.7 Å². The van der Waals surface area contributed by atoms with E-state index in [4.69, 9.17) is 0 Å². The molecule has 0 atom stereocenters. The fraction of sp³-hybridized carbons (Fsp3) is 0.786. The summed E-state index contributed by atoms with van der Waals surface area (Å²) in [5.74, 6) is 0.782. The van der Waals surface area contributed by atoms with Gasteiger partial charge in [0.2, 0.25) is 5.88 Å². The van der Waals surface area contributed by atoms with Gasteiger partial charge >= 0.3 is 0 Å². The molecule has 0 aliphatic carbocycles. The third-order valence-corrected chi connectivity index (χ3v) is 2.97. The summed E-state index contributed by atoms with van der Waals surface area (Å²) >= 11 is 0. The summed E-state index contributed by atoms with van der Waals surface area (Å²) in [6.07, 6.45) is 4.26. The molecule has 0 aliphatic rings. The Morgan fingerprint density at radius 2 is 1.88 bits per heavy atom. The van der Waals surface area contributed by atoms with Crippen molar-refractivity contribution in [2.75, 3.05) is 0 Å². The molecule has 0 aromatic carbocycles. The fourth-order valence-electron chi connectivity index (χ4n) is 2.14. The molecule has 1 aromatic rings. The van der Waals surface area contributed by atoms with Crippen LogP contribution >= 0.6 is 0 Å². The topological polar surface area (TPSA) is 38.1 Å². The highest BCUT2D eigenvalue weighted by Crippen LogP contribution is 2.27. The van der Waals surface area contributed by atoms with Crippen molar-refractivity contribution in [2.45, 2.75) is 66.3 Å². The molecule has 1 rings (SSSR count). The van der Waals surface area contributed by atoms with Crippen LogP contribution in [-0.2, 0) is 12.8 Å². The molecular formula is C14H26N2O. The zero-order valence-electron chi connectivity index (χ0n) is 11.8. The highest BCUT2D eigenvalue weighted by atomic mass is 16.3. The normalized spacial score (nSPS) is 11.7.